The highest BCUT2D eigenvalue weighted by Gasteiger charge is 2.28. The smallest absolute Gasteiger partial charge is 0.310 e. The van der Waals surface area contributed by atoms with E-state index in [1.54, 1.807) is 19.1 Å². The molecule has 0 aliphatic carbocycles. The summed E-state index contributed by atoms with van der Waals surface area (Å²) in [6, 6.07) is 6.18. The van der Waals surface area contributed by atoms with Crippen LogP contribution in [-0.4, -0.2) is 48.3 Å². The fourth-order valence-corrected chi connectivity index (χ4v) is 2.82. The van der Waals surface area contributed by atoms with Gasteiger partial charge in [0.15, 0.2) is 0 Å². The number of nitrogens with one attached hydrogen (secondary N) is 1. The monoisotopic (exact) mass is 373 g/mol. The summed E-state index contributed by atoms with van der Waals surface area (Å²) in [6.45, 7) is 2.86. The first kappa shape index (κ1) is 20.2. The third kappa shape index (κ3) is 5.95. The lowest BCUT2D eigenvalue weighted by atomic mass is 9.98. The second-order valence-corrected chi connectivity index (χ2v) is 6.14. The molecule has 1 fully saturated rings. The Balaban J connectivity index is 1.91. The molecule has 1 saturated heterocycles. The molecule has 144 valence electrons. The summed E-state index contributed by atoms with van der Waals surface area (Å²) in [4.78, 5) is 48.8. The lowest BCUT2D eigenvalue weighted by molar-refractivity contribution is -0.150. The van der Waals surface area contributed by atoms with Crippen LogP contribution >= 0.6 is 0 Å². The van der Waals surface area contributed by atoms with E-state index in [9.17, 15) is 19.2 Å². The van der Waals surface area contributed by atoms with E-state index < -0.39 is 11.8 Å². The Bertz CT molecular complexity index is 759. The zero-order chi connectivity index (χ0) is 19.8. The highest BCUT2D eigenvalue weighted by molar-refractivity contribution is 6.04. The Hall–Kier alpha value is -3.16. The van der Waals surface area contributed by atoms with Gasteiger partial charge in [-0.15, -0.1) is 0 Å². The predicted molar refractivity (Wildman–Crippen MR) is 98.7 cm³/mol. The number of carbonyl (C=O) groups excluding carboxylic acids is 4. The average Bonchev–Trinajstić information content (AvgIpc) is 2.66. The van der Waals surface area contributed by atoms with Gasteiger partial charge in [-0.1, -0.05) is 6.07 Å². The molecular formula is C19H23N3O5. The summed E-state index contributed by atoms with van der Waals surface area (Å²) in [5.74, 6) is -2.08. The lowest BCUT2D eigenvalue weighted by Gasteiger charge is -2.30. The second-order valence-electron chi connectivity index (χ2n) is 6.14. The third-order valence-corrected chi connectivity index (χ3v) is 4.14. The summed E-state index contributed by atoms with van der Waals surface area (Å²) >= 11 is 0. The highest BCUT2D eigenvalue weighted by Crippen LogP contribution is 2.18. The molecule has 0 aromatic heterocycles. The molecule has 1 atom stereocenters. The molecule has 0 radical (unpaired) electrons. The molecule has 1 heterocycles. The van der Waals surface area contributed by atoms with Crippen molar-refractivity contribution in [1.29, 1.82) is 0 Å². The fraction of sp³-hybridized carbons (Fsp3) is 0.368. The summed E-state index contributed by atoms with van der Waals surface area (Å²) in [6.07, 6.45) is 3.67. The minimum absolute atomic E-state index is 0.270. The van der Waals surface area contributed by atoms with Crippen molar-refractivity contribution in [2.24, 2.45) is 11.7 Å². The van der Waals surface area contributed by atoms with Gasteiger partial charge < -0.3 is 20.7 Å². The number of rotatable bonds is 6. The average molecular weight is 373 g/mol. The van der Waals surface area contributed by atoms with E-state index in [-0.39, 0.29) is 29.9 Å². The SMILES string of the molecule is CCOC(=O)C1CCCN(C(=O)/C=C\C(=O)Nc2cccc(C(N)=O)c2)C1. The van der Waals surface area contributed by atoms with Gasteiger partial charge in [0.2, 0.25) is 17.7 Å². The molecule has 0 spiro atoms. The minimum atomic E-state index is -0.599. The van der Waals surface area contributed by atoms with E-state index in [4.69, 9.17) is 10.5 Å². The van der Waals surface area contributed by atoms with Gasteiger partial charge in [0, 0.05) is 36.5 Å². The van der Waals surface area contributed by atoms with E-state index in [1.165, 1.54) is 23.1 Å². The maximum atomic E-state index is 12.3. The van der Waals surface area contributed by atoms with Gasteiger partial charge in [0.25, 0.3) is 0 Å². The number of likely N-dealkylation sites (tertiary alicyclic amines) is 1. The number of benzene rings is 1. The number of carbonyl (C=O) groups is 4. The summed E-state index contributed by atoms with van der Waals surface area (Å²) in [5, 5.41) is 2.56. The Kier molecular flexibility index (Phi) is 7.10. The van der Waals surface area contributed by atoms with Crippen LogP contribution in [0.5, 0.6) is 0 Å². The summed E-state index contributed by atoms with van der Waals surface area (Å²) in [5.41, 5.74) is 5.86. The van der Waals surface area contributed by atoms with Gasteiger partial charge >= 0.3 is 5.97 Å². The molecule has 27 heavy (non-hydrogen) atoms. The molecule has 2 rings (SSSR count). The third-order valence-electron chi connectivity index (χ3n) is 4.14. The molecule has 8 nitrogen and oxygen atoms in total. The van der Waals surface area contributed by atoms with Crippen molar-refractivity contribution >= 4 is 29.4 Å². The maximum Gasteiger partial charge on any atom is 0.310 e. The van der Waals surface area contributed by atoms with Crippen LogP contribution in [0.1, 0.15) is 30.1 Å². The first-order chi connectivity index (χ1) is 12.9. The zero-order valence-electron chi connectivity index (χ0n) is 15.1. The van der Waals surface area contributed by atoms with Gasteiger partial charge in [-0.2, -0.15) is 0 Å². The Morgan fingerprint density at radius 1 is 1.30 bits per heavy atom. The van der Waals surface area contributed by atoms with Crippen LogP contribution in [-0.2, 0) is 19.1 Å². The van der Waals surface area contributed by atoms with E-state index in [0.717, 1.165) is 6.08 Å². The van der Waals surface area contributed by atoms with Crippen molar-refractivity contribution in [2.45, 2.75) is 19.8 Å². The standard InChI is InChI=1S/C19H23N3O5/c1-2-27-19(26)14-6-4-10-22(12-14)17(24)9-8-16(23)21-15-7-3-5-13(11-15)18(20)25/h3,5,7-9,11,14H,2,4,6,10,12H2,1H3,(H2,20,25)(H,21,23)/b9-8-. The number of piperidine rings is 1. The number of nitrogens with two attached hydrogens (primary N) is 1. The molecule has 1 aromatic rings. The van der Waals surface area contributed by atoms with Crippen LogP contribution in [0.2, 0.25) is 0 Å². The van der Waals surface area contributed by atoms with Gasteiger partial charge in [-0.05, 0) is 38.0 Å². The number of ether oxygens (including phenoxy) is 1. The predicted octanol–water partition coefficient (Wildman–Crippen LogP) is 1.08. The molecule has 8 heteroatoms. The molecular weight excluding hydrogens is 350 g/mol. The molecule has 1 aliphatic rings. The van der Waals surface area contributed by atoms with Crippen molar-refractivity contribution in [3.8, 4) is 0 Å². The topological polar surface area (TPSA) is 119 Å². The van der Waals surface area contributed by atoms with E-state index in [1.807, 2.05) is 0 Å². The van der Waals surface area contributed by atoms with Crippen molar-refractivity contribution in [1.82, 2.24) is 4.90 Å². The van der Waals surface area contributed by atoms with E-state index in [2.05, 4.69) is 5.32 Å². The summed E-state index contributed by atoms with van der Waals surface area (Å²) in [7, 11) is 0. The van der Waals surface area contributed by atoms with Crippen molar-refractivity contribution < 1.29 is 23.9 Å². The molecule has 0 bridgehead atoms. The van der Waals surface area contributed by atoms with Crippen LogP contribution in [0, 0.1) is 5.92 Å². The number of nitrogens with zero attached hydrogens (tertiary/aromatic N) is 1. The van der Waals surface area contributed by atoms with Crippen LogP contribution in [0.25, 0.3) is 0 Å². The molecule has 0 saturated carbocycles. The first-order valence-corrected chi connectivity index (χ1v) is 8.75. The number of esters is 1. The molecule has 3 amide bonds. The normalized spacial score (nSPS) is 16.8. The number of hydrogen-bond donors (Lipinski definition) is 2. The van der Waals surface area contributed by atoms with Crippen LogP contribution in [0.4, 0.5) is 5.69 Å². The fourth-order valence-electron chi connectivity index (χ4n) is 2.82. The number of amides is 3. The number of hydrogen-bond acceptors (Lipinski definition) is 5. The van der Waals surface area contributed by atoms with E-state index >= 15 is 0 Å². The van der Waals surface area contributed by atoms with E-state index in [0.29, 0.717) is 31.7 Å². The first-order valence-electron chi connectivity index (χ1n) is 8.75. The van der Waals surface area contributed by atoms with Crippen LogP contribution < -0.4 is 11.1 Å². The zero-order valence-corrected chi connectivity index (χ0v) is 15.1. The molecule has 3 N–H and O–H groups in total. The van der Waals surface area contributed by atoms with Crippen molar-refractivity contribution in [2.75, 3.05) is 25.0 Å². The largest absolute Gasteiger partial charge is 0.466 e. The van der Waals surface area contributed by atoms with Crippen molar-refractivity contribution in [3.63, 3.8) is 0 Å². The number of anilines is 1. The van der Waals surface area contributed by atoms with Gasteiger partial charge in [-0.25, -0.2) is 0 Å². The maximum absolute atomic E-state index is 12.3. The van der Waals surface area contributed by atoms with Crippen LogP contribution in [0.15, 0.2) is 36.4 Å². The lowest BCUT2D eigenvalue weighted by Crippen LogP contribution is -2.42. The summed E-state index contributed by atoms with van der Waals surface area (Å²) < 4.78 is 5.01. The Morgan fingerprint density at radius 2 is 2.07 bits per heavy atom. The van der Waals surface area contributed by atoms with Crippen molar-refractivity contribution in [3.05, 3.63) is 42.0 Å². The Morgan fingerprint density at radius 3 is 2.78 bits per heavy atom. The highest BCUT2D eigenvalue weighted by atomic mass is 16.5. The minimum Gasteiger partial charge on any atom is -0.466 e. The molecule has 1 aromatic carbocycles. The van der Waals surface area contributed by atoms with Gasteiger partial charge in [-0.3, -0.25) is 19.2 Å². The van der Waals surface area contributed by atoms with Gasteiger partial charge in [0.1, 0.15) is 0 Å². The quantitative estimate of drug-likeness (QED) is 0.571. The molecule has 1 aliphatic heterocycles. The molecule has 1 unspecified atom stereocenters. The number of primary amides is 1. The van der Waals surface area contributed by atoms with Crippen LogP contribution in [0.3, 0.4) is 0 Å². The van der Waals surface area contributed by atoms with Gasteiger partial charge in [0.05, 0.1) is 12.5 Å². The second kappa shape index (κ2) is 9.51. The Labute approximate surface area is 157 Å².